The van der Waals surface area contributed by atoms with Crippen LogP contribution in [0.3, 0.4) is 0 Å². The Labute approximate surface area is 148 Å². The second-order valence-corrected chi connectivity index (χ2v) is 7.67. The molecule has 0 unspecified atom stereocenters. The lowest BCUT2D eigenvalue weighted by molar-refractivity contribution is -0.542. The average Bonchev–Trinajstić information content (AvgIpc) is 2.51. The van der Waals surface area contributed by atoms with Gasteiger partial charge in [-0.2, -0.15) is 9.78 Å². The third-order valence-electron chi connectivity index (χ3n) is 4.96. The zero-order valence-electron chi connectivity index (χ0n) is 14.5. The van der Waals surface area contributed by atoms with Crippen molar-refractivity contribution in [3.8, 4) is 0 Å². The summed E-state index contributed by atoms with van der Waals surface area (Å²) in [5.41, 5.74) is 0.892. The van der Waals surface area contributed by atoms with Gasteiger partial charge in [-0.25, -0.2) is 9.78 Å². The molecule has 5 nitrogen and oxygen atoms in total. The summed E-state index contributed by atoms with van der Waals surface area (Å²) in [5.74, 6) is 0.349. The van der Waals surface area contributed by atoms with E-state index in [9.17, 15) is 0 Å². The predicted octanol–water partition coefficient (Wildman–Crippen LogP) is 4.76. The van der Waals surface area contributed by atoms with Crippen LogP contribution in [0.5, 0.6) is 0 Å². The molecule has 1 aliphatic carbocycles. The van der Waals surface area contributed by atoms with E-state index < -0.39 is 5.79 Å². The molecule has 134 valence electrons. The van der Waals surface area contributed by atoms with Gasteiger partial charge in [0, 0.05) is 23.0 Å². The second kappa shape index (κ2) is 7.58. The lowest BCUT2D eigenvalue weighted by atomic mass is 9.73. The molecule has 6 heteroatoms. The summed E-state index contributed by atoms with van der Waals surface area (Å²) in [4.78, 5) is 24.7. The number of nitrogens with zero attached hydrogens (tertiary/aromatic N) is 1. The van der Waals surface area contributed by atoms with E-state index >= 15 is 0 Å². The number of halogens is 1. The maximum absolute atomic E-state index is 6.05. The predicted molar refractivity (Wildman–Crippen MR) is 92.1 cm³/mol. The molecule has 1 aromatic carbocycles. The smallest absolute Gasteiger partial charge is 0.237 e. The van der Waals surface area contributed by atoms with Gasteiger partial charge in [-0.15, -0.1) is 0 Å². The summed E-state index contributed by atoms with van der Waals surface area (Å²) in [7, 11) is 0. The molecule has 1 saturated carbocycles. The molecule has 0 amide bonds. The van der Waals surface area contributed by atoms with E-state index in [1.807, 2.05) is 29.2 Å². The molecule has 1 aliphatic heterocycles. The normalized spacial score (nSPS) is 28.0. The lowest BCUT2D eigenvalue weighted by Crippen LogP contribution is -2.52. The summed E-state index contributed by atoms with van der Waals surface area (Å²) in [5, 5.41) is 0.661. The number of hydrogen-bond donors (Lipinski definition) is 0. The SMILES string of the molecule is CC(C)[C@@H]1CC[C@@H](C)CC12OOCN(c1cccc(Cl)c1)COO2. The molecule has 0 radical (unpaired) electrons. The van der Waals surface area contributed by atoms with E-state index in [-0.39, 0.29) is 19.4 Å². The third kappa shape index (κ3) is 3.86. The number of rotatable bonds is 2. The van der Waals surface area contributed by atoms with E-state index in [0.29, 0.717) is 16.9 Å². The molecular weight excluding hydrogens is 330 g/mol. The van der Waals surface area contributed by atoms with Crippen molar-refractivity contribution in [2.45, 2.75) is 45.8 Å². The van der Waals surface area contributed by atoms with E-state index in [0.717, 1.165) is 18.5 Å². The largest absolute Gasteiger partial charge is 0.320 e. The van der Waals surface area contributed by atoms with Crippen molar-refractivity contribution in [2.75, 3.05) is 18.4 Å². The Balaban J connectivity index is 1.71. The summed E-state index contributed by atoms with van der Waals surface area (Å²) in [6.07, 6.45) is 2.99. The fraction of sp³-hybridized carbons (Fsp3) is 0.667. The minimum Gasteiger partial charge on any atom is -0.320 e. The molecule has 1 spiro atoms. The van der Waals surface area contributed by atoms with Gasteiger partial charge >= 0.3 is 0 Å². The van der Waals surface area contributed by atoms with E-state index in [2.05, 4.69) is 20.8 Å². The van der Waals surface area contributed by atoms with Gasteiger partial charge in [0.1, 0.15) is 0 Å². The van der Waals surface area contributed by atoms with Crippen molar-refractivity contribution in [3.63, 3.8) is 0 Å². The highest BCUT2D eigenvalue weighted by Crippen LogP contribution is 2.45. The molecule has 2 aliphatic rings. The Hall–Kier alpha value is -0.850. The van der Waals surface area contributed by atoms with Crippen LogP contribution in [-0.4, -0.2) is 19.2 Å². The van der Waals surface area contributed by atoms with Crippen LogP contribution >= 0.6 is 11.6 Å². The van der Waals surface area contributed by atoms with Gasteiger partial charge in [0.25, 0.3) is 0 Å². The maximum Gasteiger partial charge on any atom is 0.237 e. The molecule has 2 fully saturated rings. The highest BCUT2D eigenvalue weighted by molar-refractivity contribution is 6.30. The molecule has 2 atom stereocenters. The van der Waals surface area contributed by atoms with Crippen molar-refractivity contribution in [1.82, 2.24) is 0 Å². The van der Waals surface area contributed by atoms with E-state index in [1.165, 1.54) is 6.42 Å². The van der Waals surface area contributed by atoms with Crippen LogP contribution in [0.25, 0.3) is 0 Å². The van der Waals surface area contributed by atoms with Crippen LogP contribution in [0.15, 0.2) is 24.3 Å². The van der Waals surface area contributed by atoms with Crippen LogP contribution in [0, 0.1) is 17.8 Å². The summed E-state index contributed by atoms with van der Waals surface area (Å²) < 4.78 is 0. The zero-order chi connectivity index (χ0) is 17.2. The van der Waals surface area contributed by atoms with Gasteiger partial charge in [-0.3, -0.25) is 0 Å². The Morgan fingerprint density at radius 2 is 1.88 bits per heavy atom. The topological polar surface area (TPSA) is 40.2 Å². The molecule has 1 saturated heterocycles. The van der Waals surface area contributed by atoms with E-state index in [1.54, 1.807) is 0 Å². The highest BCUT2D eigenvalue weighted by atomic mass is 35.5. The van der Waals surface area contributed by atoms with Crippen LogP contribution in [0.4, 0.5) is 5.69 Å². The van der Waals surface area contributed by atoms with Crippen molar-refractivity contribution in [1.29, 1.82) is 0 Å². The molecule has 1 heterocycles. The quantitative estimate of drug-likeness (QED) is 0.715. The molecular formula is C18H26ClNO4. The van der Waals surface area contributed by atoms with Gasteiger partial charge < -0.3 is 4.90 Å². The fourth-order valence-electron chi connectivity index (χ4n) is 3.71. The highest BCUT2D eigenvalue weighted by Gasteiger charge is 2.50. The first-order valence-electron chi connectivity index (χ1n) is 8.62. The molecule has 0 N–H and O–H groups in total. The summed E-state index contributed by atoms with van der Waals surface area (Å²) in [6.45, 7) is 7.09. The van der Waals surface area contributed by atoms with Crippen molar-refractivity contribution in [3.05, 3.63) is 29.3 Å². The number of benzene rings is 1. The average molecular weight is 356 g/mol. The standard InChI is InChI=1S/C18H26ClNO4/c1-13(2)17-8-7-14(3)10-18(17)23-21-11-20(12-22-24-18)16-6-4-5-15(19)9-16/h4-6,9,13-14,17H,7-8,10-12H2,1-3H3/t14-,17+/m1/s1. The molecule has 24 heavy (non-hydrogen) atoms. The minimum atomic E-state index is -0.827. The van der Waals surface area contributed by atoms with Gasteiger partial charge in [-0.1, -0.05) is 44.9 Å². The zero-order valence-corrected chi connectivity index (χ0v) is 15.3. The molecule has 1 aromatic rings. The monoisotopic (exact) mass is 355 g/mol. The third-order valence-corrected chi connectivity index (χ3v) is 5.20. The molecule has 3 rings (SSSR count). The van der Waals surface area contributed by atoms with Gasteiger partial charge in [0.15, 0.2) is 13.5 Å². The minimum absolute atomic E-state index is 0.242. The fourth-order valence-corrected chi connectivity index (χ4v) is 3.89. The van der Waals surface area contributed by atoms with Crippen LogP contribution in [0.2, 0.25) is 5.02 Å². The Bertz CT molecular complexity index is 544. The molecule has 0 aromatic heterocycles. The summed E-state index contributed by atoms with van der Waals surface area (Å²) >= 11 is 6.05. The Morgan fingerprint density at radius 3 is 2.50 bits per heavy atom. The van der Waals surface area contributed by atoms with E-state index in [4.69, 9.17) is 31.2 Å². The number of hydrogen-bond acceptors (Lipinski definition) is 5. The summed E-state index contributed by atoms with van der Waals surface area (Å²) in [6, 6.07) is 7.51. The van der Waals surface area contributed by atoms with Crippen LogP contribution in [-0.2, 0) is 19.6 Å². The van der Waals surface area contributed by atoms with Crippen LogP contribution in [0.1, 0.15) is 40.0 Å². The second-order valence-electron chi connectivity index (χ2n) is 7.23. The Kier molecular flexibility index (Phi) is 5.67. The maximum atomic E-state index is 6.05. The van der Waals surface area contributed by atoms with Gasteiger partial charge in [-0.05, 0) is 36.5 Å². The van der Waals surface area contributed by atoms with Gasteiger partial charge in [0.2, 0.25) is 5.79 Å². The molecule has 0 bridgehead atoms. The first-order chi connectivity index (χ1) is 11.5. The first-order valence-corrected chi connectivity index (χ1v) is 9.00. The van der Waals surface area contributed by atoms with Crippen molar-refractivity contribution < 1.29 is 19.6 Å². The first kappa shape index (κ1) is 18.0. The van der Waals surface area contributed by atoms with Gasteiger partial charge in [0.05, 0.1) is 0 Å². The van der Waals surface area contributed by atoms with Crippen molar-refractivity contribution >= 4 is 17.3 Å². The van der Waals surface area contributed by atoms with Crippen LogP contribution < -0.4 is 4.90 Å². The Morgan fingerprint density at radius 1 is 1.17 bits per heavy atom. The number of anilines is 1. The lowest BCUT2D eigenvalue weighted by Gasteiger charge is -2.46. The van der Waals surface area contributed by atoms with Crippen molar-refractivity contribution in [2.24, 2.45) is 17.8 Å².